The Morgan fingerprint density at radius 2 is 2.12 bits per heavy atom. The van der Waals surface area contributed by atoms with Crippen molar-refractivity contribution in [2.75, 3.05) is 13.1 Å². The van der Waals surface area contributed by atoms with Gasteiger partial charge in [-0.1, -0.05) is 86.6 Å². The molecular formula is C32H46N2. The van der Waals surface area contributed by atoms with Crippen LogP contribution in [0.3, 0.4) is 0 Å². The molecule has 0 bridgehead atoms. The fourth-order valence-corrected chi connectivity index (χ4v) is 6.91. The fourth-order valence-electron chi connectivity index (χ4n) is 6.91. The van der Waals surface area contributed by atoms with Crippen LogP contribution in [0.4, 0.5) is 0 Å². The van der Waals surface area contributed by atoms with E-state index in [0.717, 1.165) is 12.8 Å². The zero-order valence-electron chi connectivity index (χ0n) is 21.6. The molecular weight excluding hydrogens is 412 g/mol. The van der Waals surface area contributed by atoms with Gasteiger partial charge in [-0.15, -0.1) is 0 Å². The highest BCUT2D eigenvalue weighted by Crippen LogP contribution is 2.47. The monoisotopic (exact) mass is 458 g/mol. The van der Waals surface area contributed by atoms with Gasteiger partial charge in [-0.05, 0) is 92.4 Å². The van der Waals surface area contributed by atoms with E-state index in [-0.39, 0.29) is 0 Å². The summed E-state index contributed by atoms with van der Waals surface area (Å²) in [5.74, 6) is 2.53. The zero-order chi connectivity index (χ0) is 23.9. The first-order valence-corrected chi connectivity index (χ1v) is 13.9. The second kappa shape index (κ2) is 12.2. The van der Waals surface area contributed by atoms with Crippen LogP contribution in [0.15, 0.2) is 83.1 Å². The van der Waals surface area contributed by atoms with E-state index in [1.54, 1.807) is 16.7 Å². The molecule has 0 saturated carbocycles. The number of hydrogen-bond donors (Lipinski definition) is 2. The summed E-state index contributed by atoms with van der Waals surface area (Å²) >= 11 is 0. The van der Waals surface area contributed by atoms with E-state index >= 15 is 0 Å². The molecule has 1 aliphatic heterocycles. The van der Waals surface area contributed by atoms with E-state index in [2.05, 4.69) is 68.3 Å². The first-order chi connectivity index (χ1) is 16.7. The number of nitrogens with two attached hydrogens (primary N) is 1. The quantitative estimate of drug-likeness (QED) is 0.280. The average Bonchev–Trinajstić information content (AvgIpc) is 3.42. The van der Waals surface area contributed by atoms with Gasteiger partial charge in [0.05, 0.1) is 0 Å². The molecule has 1 heterocycles. The molecule has 0 amide bonds. The van der Waals surface area contributed by atoms with Crippen LogP contribution in [0.1, 0.15) is 71.6 Å². The second-order valence-corrected chi connectivity index (χ2v) is 10.8. The van der Waals surface area contributed by atoms with Crippen molar-refractivity contribution in [1.82, 2.24) is 5.32 Å². The molecule has 3 aliphatic carbocycles. The van der Waals surface area contributed by atoms with Crippen molar-refractivity contribution in [2.24, 2.45) is 29.4 Å². The van der Waals surface area contributed by atoms with Crippen molar-refractivity contribution in [3.8, 4) is 0 Å². The summed E-state index contributed by atoms with van der Waals surface area (Å²) in [6.45, 7) is 10.4. The van der Waals surface area contributed by atoms with E-state index in [9.17, 15) is 0 Å². The van der Waals surface area contributed by atoms with Crippen molar-refractivity contribution in [2.45, 2.75) is 77.7 Å². The highest BCUT2D eigenvalue weighted by atomic mass is 14.9. The Morgan fingerprint density at radius 3 is 2.79 bits per heavy atom. The summed E-state index contributed by atoms with van der Waals surface area (Å²) in [6, 6.07) is 0.666. The van der Waals surface area contributed by atoms with Crippen LogP contribution in [-0.2, 0) is 0 Å². The molecule has 0 aromatic carbocycles. The summed E-state index contributed by atoms with van der Waals surface area (Å²) in [5, 5.41) is 3.73. The average molecular weight is 459 g/mol. The van der Waals surface area contributed by atoms with E-state index in [1.807, 2.05) is 6.08 Å². The Hall–Kier alpha value is -1.90. The minimum atomic E-state index is 0.556. The van der Waals surface area contributed by atoms with Gasteiger partial charge in [0.1, 0.15) is 0 Å². The van der Waals surface area contributed by atoms with Crippen molar-refractivity contribution >= 4 is 0 Å². The molecule has 5 atom stereocenters. The van der Waals surface area contributed by atoms with Crippen LogP contribution in [0, 0.1) is 23.7 Å². The van der Waals surface area contributed by atoms with Crippen LogP contribution in [0.25, 0.3) is 0 Å². The van der Waals surface area contributed by atoms with Gasteiger partial charge in [0.2, 0.25) is 0 Å². The standard InChI is InChI=1S/C32H46N2/c1-4-9-26(21-23(3)32-13-8-20-34-32)29-19-18-28(30-11-6-7-12-31(29)30)25-16-14-24(15-17-25)27(22-33)10-5-2/h5-7,10-12,14,21,23,25,29,31-32,34H,2,4,8-9,13,15-20,22,33H2,1,3H3/b26-21+,27-10+. The summed E-state index contributed by atoms with van der Waals surface area (Å²) in [7, 11) is 0. The smallest absolute Gasteiger partial charge is 0.0180 e. The van der Waals surface area contributed by atoms with E-state index < -0.39 is 0 Å². The molecule has 0 spiro atoms. The molecule has 0 aromatic heterocycles. The summed E-state index contributed by atoms with van der Waals surface area (Å²) in [5.41, 5.74) is 13.8. The minimum Gasteiger partial charge on any atom is -0.326 e. The Bertz CT molecular complexity index is 903. The van der Waals surface area contributed by atoms with Gasteiger partial charge in [-0.2, -0.15) is 0 Å². The molecule has 0 radical (unpaired) electrons. The topological polar surface area (TPSA) is 38.0 Å². The molecule has 1 saturated heterocycles. The molecule has 34 heavy (non-hydrogen) atoms. The molecule has 4 aliphatic rings. The number of hydrogen-bond acceptors (Lipinski definition) is 2. The lowest BCUT2D eigenvalue weighted by Gasteiger charge is -2.39. The van der Waals surface area contributed by atoms with Crippen LogP contribution in [-0.4, -0.2) is 19.1 Å². The molecule has 1 fully saturated rings. The summed E-state index contributed by atoms with van der Waals surface area (Å²) in [4.78, 5) is 0. The maximum absolute atomic E-state index is 6.00. The first-order valence-electron chi connectivity index (χ1n) is 13.9. The predicted molar refractivity (Wildman–Crippen MR) is 147 cm³/mol. The number of fused-ring (bicyclic) bond motifs is 1. The fraction of sp³-hybridized carbons (Fsp3) is 0.562. The normalized spacial score (nSPS) is 30.9. The molecule has 184 valence electrons. The van der Waals surface area contributed by atoms with Gasteiger partial charge in [0.25, 0.3) is 0 Å². The zero-order valence-corrected chi connectivity index (χ0v) is 21.6. The third kappa shape index (κ3) is 5.66. The van der Waals surface area contributed by atoms with Gasteiger partial charge in [0, 0.05) is 18.5 Å². The van der Waals surface area contributed by atoms with Crippen molar-refractivity contribution < 1.29 is 0 Å². The van der Waals surface area contributed by atoms with Crippen molar-refractivity contribution in [3.05, 3.63) is 83.1 Å². The predicted octanol–water partition coefficient (Wildman–Crippen LogP) is 7.35. The van der Waals surface area contributed by atoms with Crippen LogP contribution in [0.5, 0.6) is 0 Å². The van der Waals surface area contributed by atoms with Crippen molar-refractivity contribution in [3.63, 3.8) is 0 Å². The minimum absolute atomic E-state index is 0.556. The Labute approximate surface area is 208 Å². The van der Waals surface area contributed by atoms with E-state index in [0.29, 0.717) is 36.3 Å². The Kier molecular flexibility index (Phi) is 9.03. The Morgan fingerprint density at radius 1 is 1.24 bits per heavy atom. The summed E-state index contributed by atoms with van der Waals surface area (Å²) < 4.78 is 0. The SMILES string of the molecule is C=C/C=C(\CN)C1=CCC(C2=C3C=CC=CC3C(/C(=C/C(C)C3CCCN3)CCC)CC2)CC1. The molecule has 0 aromatic rings. The number of allylic oxidation sites excluding steroid dienone is 10. The Balaban J connectivity index is 1.56. The van der Waals surface area contributed by atoms with E-state index in [1.165, 1.54) is 62.6 Å². The molecule has 3 N–H and O–H groups in total. The van der Waals surface area contributed by atoms with Crippen LogP contribution < -0.4 is 11.1 Å². The largest absolute Gasteiger partial charge is 0.326 e. The lowest BCUT2D eigenvalue weighted by atomic mass is 9.65. The molecule has 2 heteroatoms. The van der Waals surface area contributed by atoms with E-state index in [4.69, 9.17) is 5.73 Å². The molecule has 2 nitrogen and oxygen atoms in total. The lowest BCUT2D eigenvalue weighted by molar-refractivity contribution is 0.390. The highest BCUT2D eigenvalue weighted by Gasteiger charge is 2.35. The van der Waals surface area contributed by atoms with Gasteiger partial charge >= 0.3 is 0 Å². The van der Waals surface area contributed by atoms with Gasteiger partial charge in [-0.3, -0.25) is 0 Å². The van der Waals surface area contributed by atoms with Crippen molar-refractivity contribution in [1.29, 1.82) is 0 Å². The third-order valence-corrected chi connectivity index (χ3v) is 8.67. The van der Waals surface area contributed by atoms with Gasteiger partial charge in [0.15, 0.2) is 0 Å². The molecule has 5 unspecified atom stereocenters. The summed E-state index contributed by atoms with van der Waals surface area (Å²) in [6.07, 6.45) is 29.8. The molecule has 4 rings (SSSR count). The number of nitrogens with one attached hydrogen (secondary N) is 1. The second-order valence-electron chi connectivity index (χ2n) is 10.8. The highest BCUT2D eigenvalue weighted by molar-refractivity contribution is 5.44. The van der Waals surface area contributed by atoms with Crippen LogP contribution >= 0.6 is 0 Å². The third-order valence-electron chi connectivity index (χ3n) is 8.67. The maximum Gasteiger partial charge on any atom is 0.0180 e. The lowest BCUT2D eigenvalue weighted by Crippen LogP contribution is -2.30. The van der Waals surface area contributed by atoms with Crippen LogP contribution in [0.2, 0.25) is 0 Å². The van der Waals surface area contributed by atoms with Gasteiger partial charge in [-0.25, -0.2) is 0 Å². The van der Waals surface area contributed by atoms with Gasteiger partial charge < -0.3 is 11.1 Å². The number of rotatable bonds is 9. The maximum atomic E-state index is 6.00. The first kappa shape index (κ1) is 25.2.